The summed E-state index contributed by atoms with van der Waals surface area (Å²) in [7, 11) is 0. The van der Waals surface area contributed by atoms with Crippen molar-refractivity contribution in [3.05, 3.63) is 63.4 Å². The first-order valence-electron chi connectivity index (χ1n) is 13.4. The van der Waals surface area contributed by atoms with Gasteiger partial charge in [-0.2, -0.15) is 0 Å². The third-order valence-corrected chi connectivity index (χ3v) is 9.10. The molecule has 2 aromatic rings. The van der Waals surface area contributed by atoms with Gasteiger partial charge in [-0.25, -0.2) is 4.39 Å². The first-order valence-corrected chi connectivity index (χ1v) is 14.2. The highest BCUT2D eigenvalue weighted by Gasteiger charge is 2.65. The number of fused-ring (bicyclic) bond motifs is 2. The maximum absolute atomic E-state index is 14.3. The van der Waals surface area contributed by atoms with Gasteiger partial charge in [0.2, 0.25) is 5.91 Å². The Morgan fingerprint density at radius 2 is 1.82 bits per heavy atom. The maximum Gasteiger partial charge on any atom is 0.237 e. The van der Waals surface area contributed by atoms with Crippen LogP contribution in [0.15, 0.2) is 36.4 Å². The summed E-state index contributed by atoms with van der Waals surface area (Å²) in [6.07, 6.45) is 3.68. The second kappa shape index (κ2) is 10.2. The Morgan fingerprint density at radius 1 is 1.11 bits per heavy atom. The summed E-state index contributed by atoms with van der Waals surface area (Å²) in [5.41, 5.74) is 0.807. The van der Waals surface area contributed by atoms with Gasteiger partial charge in [0.05, 0.1) is 17.2 Å². The molecule has 1 aliphatic carbocycles. The minimum Gasteiger partial charge on any atom is -0.393 e. The molecule has 38 heavy (non-hydrogen) atoms. The van der Waals surface area contributed by atoms with Crippen LogP contribution < -0.4 is 10.6 Å². The van der Waals surface area contributed by atoms with E-state index in [0.29, 0.717) is 42.0 Å². The highest BCUT2D eigenvalue weighted by molar-refractivity contribution is 6.31. The average molecular weight is 562 g/mol. The number of benzene rings is 2. The number of rotatable bonds is 5. The summed E-state index contributed by atoms with van der Waals surface area (Å²) in [5, 5.41) is 17.1. The highest BCUT2D eigenvalue weighted by atomic mass is 35.5. The Balaban J connectivity index is 1.65. The van der Waals surface area contributed by atoms with Crippen LogP contribution in [0, 0.1) is 17.2 Å². The molecule has 1 amide bonds. The molecule has 204 valence electrons. The minimum atomic E-state index is -1.11. The Bertz CT molecular complexity index is 1250. The van der Waals surface area contributed by atoms with Crippen molar-refractivity contribution in [2.24, 2.45) is 11.3 Å². The summed E-state index contributed by atoms with van der Waals surface area (Å²) in [4.78, 5) is 28.2. The largest absolute Gasteiger partial charge is 0.393 e. The van der Waals surface area contributed by atoms with Gasteiger partial charge in [-0.05, 0) is 78.8 Å². The Hall–Kier alpha value is -1.99. The molecule has 3 N–H and O–H groups in total. The molecule has 8 heteroatoms. The van der Waals surface area contributed by atoms with Crippen LogP contribution in [-0.2, 0) is 15.0 Å². The summed E-state index contributed by atoms with van der Waals surface area (Å²) in [6.45, 7) is 6.35. The van der Waals surface area contributed by atoms with Crippen molar-refractivity contribution >= 4 is 40.6 Å². The molecular weight excluding hydrogens is 526 g/mol. The molecule has 2 fully saturated rings. The van der Waals surface area contributed by atoms with Crippen LogP contribution in [-0.4, -0.2) is 35.0 Å². The molecule has 0 aromatic heterocycles. The van der Waals surface area contributed by atoms with Crippen LogP contribution >= 0.6 is 23.2 Å². The molecule has 2 aromatic carbocycles. The van der Waals surface area contributed by atoms with Crippen molar-refractivity contribution in [2.45, 2.75) is 88.8 Å². The predicted molar refractivity (Wildman–Crippen MR) is 148 cm³/mol. The number of carbonyl (C=O) groups excluding carboxylic acids is 2. The monoisotopic (exact) mass is 560 g/mol. The lowest BCUT2D eigenvalue weighted by molar-refractivity contribution is -0.123. The first-order chi connectivity index (χ1) is 17.9. The van der Waals surface area contributed by atoms with E-state index >= 15 is 0 Å². The van der Waals surface area contributed by atoms with Gasteiger partial charge in [0.1, 0.15) is 11.2 Å². The van der Waals surface area contributed by atoms with Crippen LogP contribution in [0.3, 0.4) is 0 Å². The van der Waals surface area contributed by atoms with Gasteiger partial charge in [0.15, 0.2) is 5.78 Å². The van der Waals surface area contributed by atoms with Gasteiger partial charge >= 0.3 is 0 Å². The van der Waals surface area contributed by atoms with Crippen LogP contribution in [0.4, 0.5) is 10.1 Å². The molecule has 5 rings (SSSR count). The molecule has 1 spiro atoms. The smallest absolute Gasteiger partial charge is 0.237 e. The van der Waals surface area contributed by atoms with Gasteiger partial charge in [-0.3, -0.25) is 9.59 Å². The van der Waals surface area contributed by atoms with E-state index < -0.39 is 23.2 Å². The zero-order valence-electron chi connectivity index (χ0n) is 22.0. The molecule has 2 aliphatic heterocycles. The number of halogens is 3. The standard InChI is InChI=1S/C30H35Cl2FN2O3/c1-29(2,3)15-25-30(20-10-7-18(31)14-23(20)34-28(30)38)26(17-6-11-22(33)21(32)13-17)27(35-25)24(37)12-16-4-8-19(36)9-5-16/h6-7,10-11,13-14,16,19,25-27,35-36H,4-5,8-9,12,15H2,1-3H3,(H,34,38)/t16?,19?,25-,26+,27+,30+/m1/s1. The van der Waals surface area contributed by atoms with Crippen LogP contribution in [0.2, 0.25) is 10.0 Å². The molecule has 0 radical (unpaired) electrons. The summed E-state index contributed by atoms with van der Waals surface area (Å²) in [5.74, 6) is -1.13. The van der Waals surface area contributed by atoms with Gasteiger partial charge < -0.3 is 15.7 Å². The zero-order chi connectivity index (χ0) is 27.4. The van der Waals surface area contributed by atoms with Crippen LogP contribution in [0.1, 0.15) is 76.3 Å². The van der Waals surface area contributed by atoms with Crippen molar-refractivity contribution in [1.29, 1.82) is 0 Å². The molecule has 1 saturated heterocycles. The lowest BCUT2D eigenvalue weighted by Crippen LogP contribution is -2.49. The molecule has 0 unspecified atom stereocenters. The van der Waals surface area contributed by atoms with E-state index in [1.807, 2.05) is 6.07 Å². The highest BCUT2D eigenvalue weighted by Crippen LogP contribution is 2.57. The average Bonchev–Trinajstić information content (AvgIpc) is 3.31. The number of hydrogen-bond acceptors (Lipinski definition) is 4. The van der Waals surface area contributed by atoms with E-state index in [0.717, 1.165) is 18.4 Å². The van der Waals surface area contributed by atoms with Gasteiger partial charge in [0, 0.05) is 29.1 Å². The first kappa shape index (κ1) is 27.6. The zero-order valence-corrected chi connectivity index (χ0v) is 23.5. The lowest BCUT2D eigenvalue weighted by atomic mass is 9.62. The van der Waals surface area contributed by atoms with Crippen molar-refractivity contribution in [3.63, 3.8) is 0 Å². The van der Waals surface area contributed by atoms with Crippen LogP contribution in [0.25, 0.3) is 0 Å². The molecule has 0 bridgehead atoms. The third kappa shape index (κ3) is 4.90. The van der Waals surface area contributed by atoms with E-state index in [1.54, 1.807) is 24.3 Å². The minimum absolute atomic E-state index is 0.0304. The molecule has 1 saturated carbocycles. The third-order valence-electron chi connectivity index (χ3n) is 8.58. The summed E-state index contributed by atoms with van der Waals surface area (Å²) < 4.78 is 14.3. The quantitative estimate of drug-likeness (QED) is 0.395. The SMILES string of the molecule is CC(C)(C)C[C@H]1N[C@@H](C(=O)CC2CCC(O)CC2)[C@H](c2ccc(F)c(Cl)c2)[C@@]12C(=O)Nc1cc(Cl)ccc12. The van der Waals surface area contributed by atoms with Crippen molar-refractivity contribution < 1.29 is 19.1 Å². The molecule has 3 aliphatic rings. The van der Waals surface area contributed by atoms with E-state index in [-0.39, 0.29) is 40.2 Å². The number of carbonyl (C=O) groups is 2. The Kier molecular flexibility index (Phi) is 7.40. The topological polar surface area (TPSA) is 78.4 Å². The number of ketones is 1. The van der Waals surface area contributed by atoms with Crippen molar-refractivity contribution in [2.75, 3.05) is 5.32 Å². The van der Waals surface area contributed by atoms with E-state index in [2.05, 4.69) is 31.4 Å². The summed E-state index contributed by atoms with van der Waals surface area (Å²) in [6, 6.07) is 8.88. The number of nitrogens with one attached hydrogen (secondary N) is 2. The van der Waals surface area contributed by atoms with Crippen molar-refractivity contribution in [1.82, 2.24) is 5.32 Å². The van der Waals surface area contributed by atoms with E-state index in [4.69, 9.17) is 23.2 Å². The second-order valence-electron chi connectivity index (χ2n) is 12.5. The number of amides is 1. The second-order valence-corrected chi connectivity index (χ2v) is 13.3. The Labute approximate surface area is 233 Å². The molecule has 4 atom stereocenters. The predicted octanol–water partition coefficient (Wildman–Crippen LogP) is 6.39. The normalized spacial score (nSPS) is 30.9. The maximum atomic E-state index is 14.3. The van der Waals surface area contributed by atoms with Gasteiger partial charge in [0.25, 0.3) is 0 Å². The number of aliphatic hydroxyl groups excluding tert-OH is 1. The van der Waals surface area contributed by atoms with Crippen molar-refractivity contribution in [3.8, 4) is 0 Å². The fraction of sp³-hybridized carbons (Fsp3) is 0.533. The fourth-order valence-electron chi connectivity index (χ4n) is 6.94. The van der Waals surface area contributed by atoms with Crippen LogP contribution in [0.5, 0.6) is 0 Å². The number of aliphatic hydroxyl groups is 1. The molecule has 2 heterocycles. The summed E-state index contributed by atoms with van der Waals surface area (Å²) >= 11 is 12.6. The van der Waals surface area contributed by atoms with Gasteiger partial charge in [-0.15, -0.1) is 0 Å². The van der Waals surface area contributed by atoms with E-state index in [9.17, 15) is 19.1 Å². The van der Waals surface area contributed by atoms with E-state index in [1.165, 1.54) is 6.07 Å². The van der Waals surface area contributed by atoms with Gasteiger partial charge in [-0.1, -0.05) is 56.1 Å². The number of Topliss-reactive ketones (excluding diaryl/α,β-unsaturated/α-hetero) is 1. The number of hydrogen-bond donors (Lipinski definition) is 3. The molecular formula is C30H35Cl2FN2O3. The fourth-order valence-corrected chi connectivity index (χ4v) is 7.30. The lowest BCUT2D eigenvalue weighted by Gasteiger charge is -2.37. The number of anilines is 1. The molecule has 5 nitrogen and oxygen atoms in total. The Morgan fingerprint density at radius 3 is 2.47 bits per heavy atom.